The van der Waals surface area contributed by atoms with Crippen molar-refractivity contribution in [2.24, 2.45) is 0 Å². The van der Waals surface area contributed by atoms with E-state index in [1.807, 2.05) is 19.1 Å². The molecule has 1 rings (SSSR count). The van der Waals surface area contributed by atoms with Gasteiger partial charge in [0.05, 0.1) is 23.9 Å². The van der Waals surface area contributed by atoms with Crippen LogP contribution in [0.25, 0.3) is 0 Å². The van der Waals surface area contributed by atoms with E-state index in [1.165, 1.54) is 0 Å². The molecule has 0 aliphatic heterocycles. The van der Waals surface area contributed by atoms with Crippen molar-refractivity contribution in [2.75, 3.05) is 18.1 Å². The Morgan fingerprint density at radius 1 is 1.39 bits per heavy atom. The van der Waals surface area contributed by atoms with Crippen LogP contribution in [0, 0.1) is 6.92 Å². The Hall–Kier alpha value is -0.810. The van der Waals surface area contributed by atoms with Crippen molar-refractivity contribution in [2.45, 2.75) is 26.1 Å². The van der Waals surface area contributed by atoms with Gasteiger partial charge in [-0.3, -0.25) is 4.98 Å². The molecule has 102 valence electrons. The van der Waals surface area contributed by atoms with Crippen LogP contribution < -0.4 is 4.74 Å². The fraction of sp³-hybridized carbons (Fsp3) is 0.583. The number of hydrogen-bond acceptors (Lipinski definition) is 4. The predicted molar refractivity (Wildman–Crippen MR) is 73.0 cm³/mol. The average molecular weight is 292 g/mol. The lowest BCUT2D eigenvalue weighted by molar-refractivity contribution is 0.313. The lowest BCUT2D eigenvalue weighted by Crippen LogP contribution is -2.12. The lowest BCUT2D eigenvalue weighted by Gasteiger charge is -2.09. The zero-order valence-corrected chi connectivity index (χ0v) is 12.2. The van der Waals surface area contributed by atoms with Gasteiger partial charge in [-0.05, 0) is 25.5 Å². The molecule has 0 atom stereocenters. The van der Waals surface area contributed by atoms with Crippen molar-refractivity contribution in [1.29, 1.82) is 0 Å². The van der Waals surface area contributed by atoms with Crippen LogP contribution >= 0.6 is 11.6 Å². The maximum atomic E-state index is 11.3. The summed E-state index contributed by atoms with van der Waals surface area (Å²) in [6, 6.07) is 3.66. The highest BCUT2D eigenvalue weighted by Gasteiger charge is 2.08. The number of halogens is 1. The topological polar surface area (TPSA) is 56.3 Å². The highest BCUT2D eigenvalue weighted by Crippen LogP contribution is 2.18. The molecule has 0 N–H and O–H groups in total. The van der Waals surface area contributed by atoms with Gasteiger partial charge in [-0.25, -0.2) is 8.42 Å². The molecular formula is C12H18ClNO3S. The molecule has 0 amide bonds. The number of nitrogens with zero attached hydrogens (tertiary/aromatic N) is 1. The second kappa shape index (κ2) is 6.95. The normalized spacial score (nSPS) is 11.5. The fourth-order valence-electron chi connectivity index (χ4n) is 1.43. The van der Waals surface area contributed by atoms with Crippen molar-refractivity contribution in [3.8, 4) is 5.75 Å². The van der Waals surface area contributed by atoms with E-state index in [2.05, 4.69) is 4.98 Å². The molecule has 1 aromatic rings. The molecule has 4 nitrogen and oxygen atoms in total. The summed E-state index contributed by atoms with van der Waals surface area (Å²) in [5.74, 6) is 1.24. The third kappa shape index (κ3) is 4.82. The van der Waals surface area contributed by atoms with E-state index >= 15 is 0 Å². The first-order chi connectivity index (χ1) is 8.48. The SMILES string of the molecule is CCS(=O)(=O)CCCOc1ccc(C)nc1CCl. The van der Waals surface area contributed by atoms with Crippen LogP contribution in [0.5, 0.6) is 5.75 Å². The molecule has 0 saturated heterocycles. The minimum atomic E-state index is -2.92. The van der Waals surface area contributed by atoms with Crippen LogP contribution in [0.15, 0.2) is 12.1 Å². The van der Waals surface area contributed by atoms with E-state index in [0.29, 0.717) is 24.5 Å². The predicted octanol–water partition coefficient (Wildman–Crippen LogP) is 2.33. The Labute approximate surface area is 113 Å². The Balaban J connectivity index is 2.49. The third-order valence-electron chi connectivity index (χ3n) is 2.50. The van der Waals surface area contributed by atoms with Gasteiger partial charge in [-0.15, -0.1) is 11.6 Å². The van der Waals surface area contributed by atoms with Crippen LogP contribution in [-0.2, 0) is 15.7 Å². The number of sulfone groups is 1. The molecule has 18 heavy (non-hydrogen) atoms. The van der Waals surface area contributed by atoms with Crippen molar-refractivity contribution >= 4 is 21.4 Å². The monoisotopic (exact) mass is 291 g/mol. The molecule has 6 heteroatoms. The van der Waals surface area contributed by atoms with Crippen LogP contribution in [0.3, 0.4) is 0 Å². The van der Waals surface area contributed by atoms with Gasteiger partial charge >= 0.3 is 0 Å². The Kier molecular flexibility index (Phi) is 5.88. The number of hydrogen-bond donors (Lipinski definition) is 0. The first kappa shape index (κ1) is 15.2. The summed E-state index contributed by atoms with van der Waals surface area (Å²) >= 11 is 5.77. The Bertz CT molecular complexity index is 488. The fourth-order valence-corrected chi connectivity index (χ4v) is 2.47. The molecule has 0 saturated carbocycles. The molecule has 0 fully saturated rings. The average Bonchev–Trinajstić information content (AvgIpc) is 2.36. The molecule has 0 aliphatic rings. The summed E-state index contributed by atoms with van der Waals surface area (Å²) in [5, 5.41) is 0. The maximum absolute atomic E-state index is 11.3. The van der Waals surface area contributed by atoms with Gasteiger partial charge in [0.1, 0.15) is 15.6 Å². The van der Waals surface area contributed by atoms with E-state index in [1.54, 1.807) is 6.92 Å². The molecule has 0 unspecified atom stereocenters. The number of aromatic nitrogens is 1. The highest BCUT2D eigenvalue weighted by atomic mass is 35.5. The minimum absolute atomic E-state index is 0.152. The van der Waals surface area contributed by atoms with Gasteiger partial charge < -0.3 is 4.74 Å². The summed E-state index contributed by atoms with van der Waals surface area (Å²) in [6.07, 6.45) is 0.478. The molecule has 0 spiro atoms. The standard InChI is InChI=1S/C12H18ClNO3S/c1-3-18(15,16)8-4-7-17-12-6-5-10(2)14-11(12)9-13/h5-6H,3-4,7-9H2,1-2H3. The number of ether oxygens (including phenoxy) is 1. The summed E-state index contributed by atoms with van der Waals surface area (Å²) in [5.41, 5.74) is 1.57. The first-order valence-corrected chi connectivity index (χ1v) is 8.20. The van der Waals surface area contributed by atoms with Gasteiger partial charge in [-0.2, -0.15) is 0 Å². The van der Waals surface area contributed by atoms with Gasteiger partial charge in [-0.1, -0.05) is 6.92 Å². The van der Waals surface area contributed by atoms with Crippen LogP contribution in [0.1, 0.15) is 24.7 Å². The number of rotatable bonds is 7. The lowest BCUT2D eigenvalue weighted by atomic mass is 10.3. The minimum Gasteiger partial charge on any atom is -0.492 e. The van der Waals surface area contributed by atoms with Gasteiger partial charge in [0.25, 0.3) is 0 Å². The maximum Gasteiger partial charge on any atom is 0.150 e. The first-order valence-electron chi connectivity index (χ1n) is 5.84. The van der Waals surface area contributed by atoms with E-state index in [4.69, 9.17) is 16.3 Å². The van der Waals surface area contributed by atoms with E-state index in [9.17, 15) is 8.42 Å². The van der Waals surface area contributed by atoms with Crippen molar-refractivity contribution < 1.29 is 13.2 Å². The Morgan fingerprint density at radius 3 is 2.72 bits per heavy atom. The van der Waals surface area contributed by atoms with Gasteiger partial charge in [0.15, 0.2) is 0 Å². The molecule has 0 radical (unpaired) electrons. The van der Waals surface area contributed by atoms with Crippen molar-refractivity contribution in [3.63, 3.8) is 0 Å². The van der Waals surface area contributed by atoms with Gasteiger partial charge in [0.2, 0.25) is 0 Å². The second-order valence-electron chi connectivity index (χ2n) is 3.97. The number of aryl methyl sites for hydroxylation is 1. The molecule has 0 bridgehead atoms. The highest BCUT2D eigenvalue weighted by molar-refractivity contribution is 7.91. The molecule has 1 aromatic heterocycles. The number of alkyl halides is 1. The number of pyridine rings is 1. The summed E-state index contributed by atoms with van der Waals surface area (Å²) < 4.78 is 28.1. The quantitative estimate of drug-likeness (QED) is 0.571. The molecule has 0 aliphatic carbocycles. The molecule has 1 heterocycles. The largest absolute Gasteiger partial charge is 0.492 e. The van der Waals surface area contributed by atoms with E-state index in [0.717, 1.165) is 5.69 Å². The van der Waals surface area contributed by atoms with Crippen molar-refractivity contribution in [1.82, 2.24) is 4.98 Å². The summed E-state index contributed by atoms with van der Waals surface area (Å²) in [6.45, 7) is 3.88. The van der Waals surface area contributed by atoms with E-state index in [-0.39, 0.29) is 17.4 Å². The van der Waals surface area contributed by atoms with Crippen LogP contribution in [-0.4, -0.2) is 31.5 Å². The molecular weight excluding hydrogens is 274 g/mol. The summed E-state index contributed by atoms with van der Waals surface area (Å²) in [4.78, 5) is 4.26. The van der Waals surface area contributed by atoms with Crippen LogP contribution in [0.4, 0.5) is 0 Å². The third-order valence-corrected chi connectivity index (χ3v) is 4.54. The zero-order valence-electron chi connectivity index (χ0n) is 10.6. The second-order valence-corrected chi connectivity index (χ2v) is 6.71. The smallest absolute Gasteiger partial charge is 0.150 e. The van der Waals surface area contributed by atoms with E-state index < -0.39 is 9.84 Å². The zero-order chi connectivity index (χ0) is 13.6. The van der Waals surface area contributed by atoms with Crippen molar-refractivity contribution in [3.05, 3.63) is 23.5 Å². The summed E-state index contributed by atoms with van der Waals surface area (Å²) in [7, 11) is -2.92. The Morgan fingerprint density at radius 2 is 2.11 bits per heavy atom. The van der Waals surface area contributed by atoms with Crippen LogP contribution in [0.2, 0.25) is 0 Å². The molecule has 0 aromatic carbocycles. The van der Waals surface area contributed by atoms with Gasteiger partial charge in [0, 0.05) is 11.4 Å².